The van der Waals surface area contributed by atoms with Crippen LogP contribution >= 0.6 is 11.3 Å². The van der Waals surface area contributed by atoms with Gasteiger partial charge in [0.05, 0.1) is 11.4 Å². The minimum Gasteiger partial charge on any atom is -0.228 e. The van der Waals surface area contributed by atoms with Crippen molar-refractivity contribution in [3.05, 3.63) is 194 Å². The summed E-state index contributed by atoms with van der Waals surface area (Å²) in [6, 6.07) is 69.8. The molecule has 0 radical (unpaired) electrons. The monoisotopic (exact) mass is 716 g/mol. The molecule has 55 heavy (non-hydrogen) atoms. The second kappa shape index (κ2) is 12.9. The fraction of sp³-hybridized carbons (Fsp3) is 0. The average Bonchev–Trinajstić information content (AvgIpc) is 3.64. The summed E-state index contributed by atoms with van der Waals surface area (Å²) in [5, 5.41) is 9.69. The summed E-state index contributed by atoms with van der Waals surface area (Å²) in [4.78, 5) is 10.9. The van der Waals surface area contributed by atoms with Crippen molar-refractivity contribution in [2.24, 2.45) is 0 Å². The second-order valence-corrected chi connectivity index (χ2v) is 15.2. The van der Waals surface area contributed by atoms with Crippen molar-refractivity contribution in [1.82, 2.24) is 9.97 Å². The van der Waals surface area contributed by atoms with E-state index in [1.54, 1.807) is 0 Å². The van der Waals surface area contributed by atoms with E-state index < -0.39 is 0 Å². The quantitative estimate of drug-likeness (QED) is 0.131. The summed E-state index contributed by atoms with van der Waals surface area (Å²) in [5.41, 5.74) is 9.64. The van der Waals surface area contributed by atoms with Crippen molar-refractivity contribution < 1.29 is 0 Å². The summed E-state index contributed by atoms with van der Waals surface area (Å²) < 4.78 is 2.62. The van der Waals surface area contributed by atoms with Gasteiger partial charge in [0.1, 0.15) is 0 Å². The SMILES string of the molecule is c1ccc(-c2ccc(-c3cc(-c4cccc(-c5ccc6sc7ccccc7c6c5)c4)nc(-c4c5ccccc5cc5c4ccc4ccccc45)n3)cc2)cc1. The Labute approximate surface area is 322 Å². The standard InChI is InChI=1S/C52H32N2S/c1-2-11-33(12-3-1)34-21-23-36(24-22-34)47-32-48(40-16-10-15-37(29-40)38-26-28-50-46(30-38)43-19-8-9-20-49(43)55-50)54-52(53-47)51-42-18-7-5-14-39(42)31-45-41-17-6-4-13-35(41)25-27-44(45)51/h1-32H. The van der Waals surface area contributed by atoms with Crippen LogP contribution in [0.15, 0.2) is 194 Å². The van der Waals surface area contributed by atoms with Crippen LogP contribution in [-0.4, -0.2) is 9.97 Å². The Bertz CT molecular complexity index is 3250. The van der Waals surface area contributed by atoms with Crippen molar-refractivity contribution >= 4 is 63.8 Å². The van der Waals surface area contributed by atoms with E-state index in [1.165, 1.54) is 58.4 Å². The summed E-state index contributed by atoms with van der Waals surface area (Å²) in [6.45, 7) is 0. The molecule has 0 saturated heterocycles. The van der Waals surface area contributed by atoms with Crippen LogP contribution in [-0.2, 0) is 0 Å². The number of thiophene rings is 1. The zero-order valence-electron chi connectivity index (χ0n) is 29.8. The van der Waals surface area contributed by atoms with Crippen LogP contribution in [0, 0.1) is 0 Å². The van der Waals surface area contributed by atoms with Gasteiger partial charge in [0.25, 0.3) is 0 Å². The molecule has 9 aromatic carbocycles. The number of rotatable bonds is 5. The number of hydrogen-bond acceptors (Lipinski definition) is 3. The maximum absolute atomic E-state index is 5.45. The Morgan fingerprint density at radius 1 is 0.291 bits per heavy atom. The number of nitrogens with zero attached hydrogens (tertiary/aromatic N) is 2. The first-order valence-electron chi connectivity index (χ1n) is 18.6. The largest absolute Gasteiger partial charge is 0.228 e. The van der Waals surface area contributed by atoms with Gasteiger partial charge >= 0.3 is 0 Å². The molecule has 0 fully saturated rings. The molecule has 0 unspecified atom stereocenters. The zero-order valence-corrected chi connectivity index (χ0v) is 30.6. The molecule has 0 bridgehead atoms. The first-order valence-corrected chi connectivity index (χ1v) is 19.5. The molecule has 2 aromatic heterocycles. The van der Waals surface area contributed by atoms with Crippen LogP contribution in [0.1, 0.15) is 0 Å². The third kappa shape index (κ3) is 5.48. The lowest BCUT2D eigenvalue weighted by Crippen LogP contribution is -1.98. The summed E-state index contributed by atoms with van der Waals surface area (Å²) >= 11 is 1.85. The summed E-state index contributed by atoms with van der Waals surface area (Å²) in [5.74, 6) is 0.716. The first kappa shape index (κ1) is 31.6. The number of fused-ring (bicyclic) bond motifs is 7. The molecule has 3 heteroatoms. The molecule has 11 aromatic rings. The van der Waals surface area contributed by atoms with E-state index in [1.807, 2.05) is 11.3 Å². The third-order valence-corrected chi connectivity index (χ3v) is 12.0. The van der Waals surface area contributed by atoms with Crippen LogP contribution in [0.5, 0.6) is 0 Å². The van der Waals surface area contributed by atoms with Gasteiger partial charge in [-0.2, -0.15) is 0 Å². The molecule has 0 spiro atoms. The normalized spacial score (nSPS) is 11.6. The van der Waals surface area contributed by atoms with Gasteiger partial charge in [0.15, 0.2) is 5.82 Å². The predicted octanol–water partition coefficient (Wildman–Crippen LogP) is 14.6. The minimum atomic E-state index is 0.716. The van der Waals surface area contributed by atoms with Crippen molar-refractivity contribution in [1.29, 1.82) is 0 Å². The van der Waals surface area contributed by atoms with Crippen molar-refractivity contribution in [2.75, 3.05) is 0 Å². The smallest absolute Gasteiger partial charge is 0.161 e. The molecular formula is C52H32N2S. The Morgan fingerprint density at radius 2 is 0.891 bits per heavy atom. The van der Waals surface area contributed by atoms with Gasteiger partial charge < -0.3 is 0 Å². The average molecular weight is 717 g/mol. The molecule has 0 atom stereocenters. The van der Waals surface area contributed by atoms with Gasteiger partial charge in [0.2, 0.25) is 0 Å². The zero-order chi connectivity index (χ0) is 36.3. The van der Waals surface area contributed by atoms with Crippen LogP contribution in [0.3, 0.4) is 0 Å². The van der Waals surface area contributed by atoms with Gasteiger partial charge in [-0.3, -0.25) is 0 Å². The lowest BCUT2D eigenvalue weighted by atomic mass is 9.92. The van der Waals surface area contributed by atoms with Crippen LogP contribution < -0.4 is 0 Å². The van der Waals surface area contributed by atoms with E-state index in [9.17, 15) is 0 Å². The van der Waals surface area contributed by atoms with Crippen molar-refractivity contribution in [3.63, 3.8) is 0 Å². The summed E-state index contributed by atoms with van der Waals surface area (Å²) in [6.07, 6.45) is 0. The number of benzene rings is 9. The summed E-state index contributed by atoms with van der Waals surface area (Å²) in [7, 11) is 0. The maximum atomic E-state index is 5.45. The van der Waals surface area contributed by atoms with E-state index >= 15 is 0 Å². The highest BCUT2D eigenvalue weighted by Crippen LogP contribution is 2.41. The second-order valence-electron chi connectivity index (χ2n) is 14.1. The highest BCUT2D eigenvalue weighted by atomic mass is 32.1. The van der Waals surface area contributed by atoms with Gasteiger partial charge in [-0.25, -0.2) is 9.97 Å². The molecule has 256 valence electrons. The van der Waals surface area contributed by atoms with Crippen molar-refractivity contribution in [2.45, 2.75) is 0 Å². The number of hydrogen-bond donors (Lipinski definition) is 0. The molecule has 2 heterocycles. The molecule has 0 amide bonds. The Morgan fingerprint density at radius 3 is 1.75 bits per heavy atom. The van der Waals surface area contributed by atoms with Gasteiger partial charge in [-0.15, -0.1) is 11.3 Å². The third-order valence-electron chi connectivity index (χ3n) is 10.9. The molecule has 11 rings (SSSR count). The Kier molecular flexibility index (Phi) is 7.39. The maximum Gasteiger partial charge on any atom is 0.161 e. The molecule has 0 aliphatic heterocycles. The molecule has 0 aliphatic rings. The topological polar surface area (TPSA) is 25.8 Å². The minimum absolute atomic E-state index is 0.716. The highest BCUT2D eigenvalue weighted by molar-refractivity contribution is 7.25. The van der Waals surface area contributed by atoms with E-state index in [0.717, 1.165) is 44.4 Å². The molecule has 0 N–H and O–H groups in total. The Hall–Kier alpha value is -6.94. The van der Waals surface area contributed by atoms with E-state index in [-0.39, 0.29) is 0 Å². The molecule has 0 aliphatic carbocycles. The fourth-order valence-corrected chi connectivity index (χ4v) is 9.23. The fourth-order valence-electron chi connectivity index (χ4n) is 8.14. The van der Waals surface area contributed by atoms with Gasteiger partial charge in [-0.05, 0) is 91.0 Å². The van der Waals surface area contributed by atoms with E-state index in [2.05, 4.69) is 194 Å². The highest BCUT2D eigenvalue weighted by Gasteiger charge is 2.18. The lowest BCUT2D eigenvalue weighted by molar-refractivity contribution is 1.19. The van der Waals surface area contributed by atoms with Crippen LogP contribution in [0.25, 0.3) is 109 Å². The van der Waals surface area contributed by atoms with E-state index in [0.29, 0.717) is 5.82 Å². The van der Waals surface area contributed by atoms with Crippen LogP contribution in [0.4, 0.5) is 0 Å². The predicted molar refractivity (Wildman–Crippen MR) is 235 cm³/mol. The Balaban J connectivity index is 1.13. The van der Waals surface area contributed by atoms with Gasteiger partial charge in [0, 0.05) is 36.9 Å². The first-order chi connectivity index (χ1) is 27.2. The lowest BCUT2D eigenvalue weighted by Gasteiger charge is -2.15. The molecule has 0 saturated carbocycles. The number of aromatic nitrogens is 2. The van der Waals surface area contributed by atoms with E-state index in [4.69, 9.17) is 9.97 Å². The molecular weight excluding hydrogens is 685 g/mol. The van der Waals surface area contributed by atoms with Crippen LogP contribution in [0.2, 0.25) is 0 Å². The molecule has 2 nitrogen and oxygen atoms in total. The van der Waals surface area contributed by atoms with Crippen molar-refractivity contribution in [3.8, 4) is 56.2 Å². The van der Waals surface area contributed by atoms with Gasteiger partial charge in [-0.1, -0.05) is 158 Å².